The van der Waals surface area contributed by atoms with Crippen LogP contribution in [0.15, 0.2) is 53.4 Å². The number of piperazine rings is 1. The number of carbonyl (C=O) groups is 1. The van der Waals surface area contributed by atoms with Gasteiger partial charge in [-0.05, 0) is 75.8 Å². The molecule has 9 heteroatoms. The van der Waals surface area contributed by atoms with Crippen molar-refractivity contribution >= 4 is 21.6 Å². The Balaban J connectivity index is 1.47. The van der Waals surface area contributed by atoms with Crippen LogP contribution in [0, 0.1) is 0 Å². The van der Waals surface area contributed by atoms with E-state index in [1.54, 1.807) is 36.4 Å². The summed E-state index contributed by atoms with van der Waals surface area (Å²) in [5.74, 6) is 0.398. The van der Waals surface area contributed by atoms with Crippen LogP contribution in [-0.4, -0.2) is 77.0 Å². The largest absolute Gasteiger partial charge is 0.494 e. The van der Waals surface area contributed by atoms with E-state index >= 15 is 0 Å². The standard InChI is InChI=1S/C24H34N4O4S/c1-3-32-22-9-11-23(12-10-22)33(30,31)26-21-8-6-7-20(19-21)24(29)25-13-4-5-14-28-17-15-27(2)16-18-28/h6-12,19,26H,3-5,13-18H2,1-2H3,(H,25,29). The monoisotopic (exact) mass is 474 g/mol. The van der Waals surface area contributed by atoms with E-state index in [0.717, 1.165) is 45.6 Å². The molecule has 33 heavy (non-hydrogen) atoms. The van der Waals surface area contributed by atoms with Crippen molar-refractivity contribution in [1.29, 1.82) is 0 Å². The first-order valence-electron chi connectivity index (χ1n) is 11.4. The summed E-state index contributed by atoms with van der Waals surface area (Å²) in [6, 6.07) is 12.7. The van der Waals surface area contributed by atoms with Crippen molar-refractivity contribution in [3.63, 3.8) is 0 Å². The minimum Gasteiger partial charge on any atom is -0.494 e. The second-order valence-electron chi connectivity index (χ2n) is 8.20. The van der Waals surface area contributed by atoms with Crippen LogP contribution >= 0.6 is 0 Å². The van der Waals surface area contributed by atoms with Gasteiger partial charge < -0.3 is 19.9 Å². The molecule has 180 valence electrons. The number of nitrogens with one attached hydrogen (secondary N) is 2. The van der Waals surface area contributed by atoms with E-state index in [-0.39, 0.29) is 10.8 Å². The van der Waals surface area contributed by atoms with Crippen LogP contribution in [0.5, 0.6) is 5.75 Å². The van der Waals surface area contributed by atoms with Crippen LogP contribution in [0.3, 0.4) is 0 Å². The molecule has 2 N–H and O–H groups in total. The van der Waals surface area contributed by atoms with Gasteiger partial charge in [-0.15, -0.1) is 0 Å². The van der Waals surface area contributed by atoms with Gasteiger partial charge in [0.1, 0.15) is 5.75 Å². The van der Waals surface area contributed by atoms with Gasteiger partial charge in [0, 0.05) is 44.0 Å². The van der Waals surface area contributed by atoms with Gasteiger partial charge >= 0.3 is 0 Å². The lowest BCUT2D eigenvalue weighted by Crippen LogP contribution is -2.44. The third-order valence-electron chi connectivity index (χ3n) is 5.60. The molecular weight excluding hydrogens is 440 g/mol. The lowest BCUT2D eigenvalue weighted by atomic mass is 10.2. The second-order valence-corrected chi connectivity index (χ2v) is 9.88. The molecule has 0 aliphatic carbocycles. The summed E-state index contributed by atoms with van der Waals surface area (Å²) in [7, 11) is -1.63. The summed E-state index contributed by atoms with van der Waals surface area (Å²) >= 11 is 0. The Morgan fingerprint density at radius 3 is 2.45 bits per heavy atom. The Hall–Kier alpha value is -2.62. The van der Waals surface area contributed by atoms with Crippen LogP contribution in [0.1, 0.15) is 30.1 Å². The number of carbonyl (C=O) groups excluding carboxylic acids is 1. The highest BCUT2D eigenvalue weighted by molar-refractivity contribution is 7.92. The molecule has 0 aromatic heterocycles. The van der Waals surface area contributed by atoms with E-state index in [1.165, 1.54) is 12.1 Å². The summed E-state index contributed by atoms with van der Waals surface area (Å²) in [5, 5.41) is 2.93. The first-order chi connectivity index (χ1) is 15.9. The van der Waals surface area contributed by atoms with Gasteiger partial charge in [0.25, 0.3) is 15.9 Å². The molecule has 1 aliphatic heterocycles. The molecule has 1 saturated heterocycles. The number of hydrogen-bond donors (Lipinski definition) is 2. The summed E-state index contributed by atoms with van der Waals surface area (Å²) in [4.78, 5) is 17.4. The Kier molecular flexibility index (Phi) is 9.11. The van der Waals surface area contributed by atoms with E-state index in [2.05, 4.69) is 26.9 Å². The van der Waals surface area contributed by atoms with Crippen LogP contribution in [-0.2, 0) is 10.0 Å². The number of rotatable bonds is 11. The Morgan fingerprint density at radius 1 is 1.03 bits per heavy atom. The Labute approximate surface area is 197 Å². The van der Waals surface area contributed by atoms with Crippen molar-refractivity contribution in [1.82, 2.24) is 15.1 Å². The smallest absolute Gasteiger partial charge is 0.261 e. The van der Waals surface area contributed by atoms with Crippen molar-refractivity contribution in [2.45, 2.75) is 24.7 Å². The zero-order valence-electron chi connectivity index (χ0n) is 19.4. The molecule has 1 heterocycles. The molecule has 0 spiro atoms. The van der Waals surface area contributed by atoms with Crippen molar-refractivity contribution in [3.8, 4) is 5.75 Å². The Morgan fingerprint density at radius 2 is 1.76 bits per heavy atom. The van der Waals surface area contributed by atoms with Crippen LogP contribution in [0.2, 0.25) is 0 Å². The highest BCUT2D eigenvalue weighted by Crippen LogP contribution is 2.20. The van der Waals surface area contributed by atoms with Gasteiger partial charge in [-0.2, -0.15) is 0 Å². The molecule has 0 unspecified atom stereocenters. The quantitative estimate of drug-likeness (QED) is 0.487. The molecule has 0 saturated carbocycles. The Bertz CT molecular complexity index is 1000. The third-order valence-corrected chi connectivity index (χ3v) is 7.00. The first-order valence-corrected chi connectivity index (χ1v) is 12.9. The van der Waals surface area contributed by atoms with Crippen molar-refractivity contribution < 1.29 is 17.9 Å². The van der Waals surface area contributed by atoms with Gasteiger partial charge in [-0.1, -0.05) is 6.07 Å². The molecule has 2 aromatic rings. The highest BCUT2D eigenvalue weighted by atomic mass is 32.2. The molecule has 0 atom stereocenters. The molecule has 3 rings (SSSR count). The molecular formula is C24H34N4O4S. The fourth-order valence-corrected chi connectivity index (χ4v) is 4.71. The first kappa shape index (κ1) is 25.0. The lowest BCUT2D eigenvalue weighted by molar-refractivity contribution is 0.0952. The number of hydrogen-bond acceptors (Lipinski definition) is 6. The van der Waals surface area contributed by atoms with Gasteiger partial charge in [-0.3, -0.25) is 9.52 Å². The summed E-state index contributed by atoms with van der Waals surface area (Å²) in [5.41, 5.74) is 0.757. The predicted octanol–water partition coefficient (Wildman–Crippen LogP) is 2.64. The molecule has 8 nitrogen and oxygen atoms in total. The zero-order chi connectivity index (χ0) is 23.7. The summed E-state index contributed by atoms with van der Waals surface area (Å²) in [6.45, 7) is 8.43. The van der Waals surface area contributed by atoms with Crippen LogP contribution in [0.4, 0.5) is 5.69 Å². The zero-order valence-corrected chi connectivity index (χ0v) is 20.2. The molecule has 1 fully saturated rings. The average Bonchev–Trinajstić information content (AvgIpc) is 2.80. The van der Waals surface area contributed by atoms with E-state index in [9.17, 15) is 13.2 Å². The minimum atomic E-state index is -3.77. The van der Waals surface area contributed by atoms with E-state index in [4.69, 9.17) is 4.74 Å². The number of anilines is 1. The average molecular weight is 475 g/mol. The van der Waals surface area contributed by atoms with E-state index < -0.39 is 10.0 Å². The number of benzene rings is 2. The van der Waals surface area contributed by atoms with Crippen molar-refractivity contribution in [3.05, 3.63) is 54.1 Å². The highest BCUT2D eigenvalue weighted by Gasteiger charge is 2.16. The maximum atomic E-state index is 12.7. The van der Waals surface area contributed by atoms with Gasteiger partial charge in [-0.25, -0.2) is 8.42 Å². The second kappa shape index (κ2) is 12.0. The number of unbranched alkanes of at least 4 members (excludes halogenated alkanes) is 1. The number of ether oxygens (including phenoxy) is 1. The topological polar surface area (TPSA) is 91.0 Å². The third kappa shape index (κ3) is 7.73. The fraction of sp³-hybridized carbons (Fsp3) is 0.458. The lowest BCUT2D eigenvalue weighted by Gasteiger charge is -2.32. The number of sulfonamides is 1. The number of nitrogens with zero attached hydrogens (tertiary/aromatic N) is 2. The normalized spacial score (nSPS) is 15.2. The number of likely N-dealkylation sites (N-methyl/N-ethyl adjacent to an activating group) is 1. The van der Waals surface area contributed by atoms with Gasteiger partial charge in [0.2, 0.25) is 0 Å². The maximum Gasteiger partial charge on any atom is 0.261 e. The van der Waals surface area contributed by atoms with Gasteiger partial charge in [0.05, 0.1) is 11.5 Å². The molecule has 0 radical (unpaired) electrons. The predicted molar refractivity (Wildman–Crippen MR) is 130 cm³/mol. The molecule has 2 aromatic carbocycles. The van der Waals surface area contributed by atoms with Crippen LogP contribution < -0.4 is 14.8 Å². The number of amides is 1. The van der Waals surface area contributed by atoms with Gasteiger partial charge in [0.15, 0.2) is 0 Å². The van der Waals surface area contributed by atoms with Crippen molar-refractivity contribution in [2.24, 2.45) is 0 Å². The summed E-state index contributed by atoms with van der Waals surface area (Å²) in [6.07, 6.45) is 1.94. The van der Waals surface area contributed by atoms with Crippen molar-refractivity contribution in [2.75, 3.05) is 57.6 Å². The molecule has 0 bridgehead atoms. The van der Waals surface area contributed by atoms with E-state index in [1.807, 2.05) is 6.92 Å². The molecule has 1 aliphatic rings. The maximum absolute atomic E-state index is 12.7. The molecule has 1 amide bonds. The summed E-state index contributed by atoms with van der Waals surface area (Å²) < 4.78 is 33.3. The minimum absolute atomic E-state index is 0.126. The van der Waals surface area contributed by atoms with E-state index in [0.29, 0.717) is 30.2 Å². The fourth-order valence-electron chi connectivity index (χ4n) is 3.66. The van der Waals surface area contributed by atoms with Crippen LogP contribution in [0.25, 0.3) is 0 Å². The SMILES string of the molecule is CCOc1ccc(S(=O)(=O)Nc2cccc(C(=O)NCCCCN3CCN(C)CC3)c2)cc1.